The van der Waals surface area contributed by atoms with Gasteiger partial charge in [-0.15, -0.1) is 0 Å². The zero-order valence-corrected chi connectivity index (χ0v) is 14.4. The summed E-state index contributed by atoms with van der Waals surface area (Å²) in [6, 6.07) is 7.69. The van der Waals surface area contributed by atoms with Crippen LogP contribution >= 0.6 is 0 Å². The van der Waals surface area contributed by atoms with Crippen LogP contribution < -0.4 is 10.9 Å². The molecule has 0 aliphatic heterocycles. The van der Waals surface area contributed by atoms with Gasteiger partial charge in [0.05, 0.1) is 18.3 Å². The normalized spacial score (nSPS) is 10.8. The number of nitrogens with one attached hydrogen (secondary N) is 1. The molecule has 2 aromatic heterocycles. The highest BCUT2D eigenvalue weighted by atomic mass is 16.5. The fourth-order valence-corrected chi connectivity index (χ4v) is 2.75. The van der Waals surface area contributed by atoms with Crippen molar-refractivity contribution in [2.24, 2.45) is 7.05 Å². The second-order valence-electron chi connectivity index (χ2n) is 5.69. The molecule has 0 radical (unpaired) electrons. The van der Waals surface area contributed by atoms with Crippen molar-refractivity contribution in [1.82, 2.24) is 14.3 Å². The van der Waals surface area contributed by atoms with Crippen LogP contribution in [0.15, 0.2) is 41.5 Å². The molecule has 0 saturated carbocycles. The Morgan fingerprint density at radius 2 is 2.08 bits per heavy atom. The molecule has 2 heterocycles. The average Bonchev–Trinajstić information content (AvgIpc) is 2.99. The number of rotatable bonds is 5. The molecule has 0 saturated heterocycles. The molecule has 3 rings (SSSR count). The van der Waals surface area contributed by atoms with Crippen LogP contribution in [0.5, 0.6) is 0 Å². The minimum absolute atomic E-state index is 0.0653. The van der Waals surface area contributed by atoms with Gasteiger partial charge in [0.2, 0.25) is 0 Å². The molecule has 3 aromatic rings. The molecule has 0 unspecified atom stereocenters. The maximum atomic E-state index is 12.0. The van der Waals surface area contributed by atoms with Gasteiger partial charge in [0.1, 0.15) is 12.2 Å². The average molecular weight is 340 g/mol. The van der Waals surface area contributed by atoms with Gasteiger partial charge >= 0.3 is 5.97 Å². The summed E-state index contributed by atoms with van der Waals surface area (Å²) in [7, 11) is 3.44. The molecule has 0 atom stereocenters. The summed E-state index contributed by atoms with van der Waals surface area (Å²) in [5.74, 6) is -0.322. The Labute approximate surface area is 144 Å². The van der Waals surface area contributed by atoms with Crippen LogP contribution in [-0.4, -0.2) is 34.0 Å². The third kappa shape index (κ3) is 3.26. The first kappa shape index (κ1) is 16.8. The van der Waals surface area contributed by atoms with Gasteiger partial charge in [0, 0.05) is 31.2 Å². The van der Waals surface area contributed by atoms with Crippen molar-refractivity contribution < 1.29 is 9.53 Å². The lowest BCUT2D eigenvalue weighted by Crippen LogP contribution is -2.19. The van der Waals surface area contributed by atoms with Crippen molar-refractivity contribution >= 4 is 22.6 Å². The number of pyridine rings is 1. The molecule has 0 spiro atoms. The summed E-state index contributed by atoms with van der Waals surface area (Å²) in [5, 5.41) is 8.12. The SMILES string of the molecule is CCOC(=O)Cn1ncc2ccc(-c3cc(NC)c(=O)n(C)c3)cc21. The number of fused-ring (bicyclic) bond motifs is 1. The fourth-order valence-electron chi connectivity index (χ4n) is 2.75. The van der Waals surface area contributed by atoms with E-state index in [-0.39, 0.29) is 18.1 Å². The van der Waals surface area contributed by atoms with Gasteiger partial charge in [-0.05, 0) is 24.6 Å². The molecule has 1 aromatic carbocycles. The lowest BCUT2D eigenvalue weighted by atomic mass is 10.1. The highest BCUT2D eigenvalue weighted by molar-refractivity contribution is 5.85. The van der Waals surface area contributed by atoms with Crippen LogP contribution in [0.1, 0.15) is 6.92 Å². The summed E-state index contributed by atoms with van der Waals surface area (Å²) in [4.78, 5) is 23.8. The van der Waals surface area contributed by atoms with Crippen LogP contribution in [0.25, 0.3) is 22.0 Å². The first-order valence-corrected chi connectivity index (χ1v) is 8.03. The van der Waals surface area contributed by atoms with Crippen LogP contribution in [-0.2, 0) is 23.1 Å². The summed E-state index contributed by atoms with van der Waals surface area (Å²) >= 11 is 0. The van der Waals surface area contributed by atoms with E-state index in [1.807, 2.05) is 24.3 Å². The molecule has 0 aliphatic rings. The number of benzene rings is 1. The van der Waals surface area contributed by atoms with E-state index in [4.69, 9.17) is 4.74 Å². The number of aryl methyl sites for hydroxylation is 1. The summed E-state index contributed by atoms with van der Waals surface area (Å²) in [6.45, 7) is 2.18. The van der Waals surface area contributed by atoms with Gasteiger partial charge in [0.15, 0.2) is 0 Å². The van der Waals surface area contributed by atoms with Crippen LogP contribution in [0, 0.1) is 0 Å². The van der Waals surface area contributed by atoms with E-state index in [0.717, 1.165) is 22.0 Å². The monoisotopic (exact) mass is 340 g/mol. The van der Waals surface area contributed by atoms with Crippen molar-refractivity contribution in [2.75, 3.05) is 19.0 Å². The van der Waals surface area contributed by atoms with Crippen LogP contribution in [0.4, 0.5) is 5.69 Å². The molecule has 25 heavy (non-hydrogen) atoms. The summed E-state index contributed by atoms with van der Waals surface area (Å²) in [5.41, 5.74) is 3.12. The number of ether oxygens (including phenoxy) is 1. The first-order valence-electron chi connectivity index (χ1n) is 8.03. The van der Waals surface area contributed by atoms with Gasteiger partial charge in [-0.25, -0.2) is 0 Å². The maximum Gasteiger partial charge on any atom is 0.327 e. The molecular formula is C18H20N4O3. The number of carbonyl (C=O) groups excluding carboxylic acids is 1. The molecule has 0 fully saturated rings. The van der Waals surface area contributed by atoms with Gasteiger partial charge in [-0.1, -0.05) is 12.1 Å². The Morgan fingerprint density at radius 3 is 2.80 bits per heavy atom. The minimum atomic E-state index is -0.322. The zero-order valence-electron chi connectivity index (χ0n) is 14.4. The van der Waals surface area contributed by atoms with E-state index in [0.29, 0.717) is 12.3 Å². The van der Waals surface area contributed by atoms with Crippen LogP contribution in [0.3, 0.4) is 0 Å². The second kappa shape index (κ2) is 6.80. The third-order valence-electron chi connectivity index (χ3n) is 4.01. The topological polar surface area (TPSA) is 78.2 Å². The van der Waals surface area contributed by atoms with Crippen LogP contribution in [0.2, 0.25) is 0 Å². The Balaban J connectivity index is 2.05. The van der Waals surface area contributed by atoms with Gasteiger partial charge in [-0.3, -0.25) is 14.3 Å². The number of hydrogen-bond acceptors (Lipinski definition) is 5. The quantitative estimate of drug-likeness (QED) is 0.719. The van der Waals surface area contributed by atoms with E-state index in [9.17, 15) is 9.59 Å². The molecule has 130 valence electrons. The Kier molecular flexibility index (Phi) is 4.56. The molecule has 1 N–H and O–H groups in total. The number of hydrogen-bond donors (Lipinski definition) is 1. The first-order chi connectivity index (χ1) is 12.0. The minimum Gasteiger partial charge on any atom is -0.465 e. The zero-order chi connectivity index (χ0) is 18.0. The molecule has 0 amide bonds. The smallest absolute Gasteiger partial charge is 0.327 e. The molecule has 0 aliphatic carbocycles. The highest BCUT2D eigenvalue weighted by Crippen LogP contribution is 2.25. The van der Waals surface area contributed by atoms with Crippen molar-refractivity contribution in [3.63, 3.8) is 0 Å². The van der Waals surface area contributed by atoms with E-state index in [1.165, 1.54) is 0 Å². The molecular weight excluding hydrogens is 320 g/mol. The van der Waals surface area contributed by atoms with E-state index < -0.39 is 0 Å². The third-order valence-corrected chi connectivity index (χ3v) is 4.01. The Hall–Kier alpha value is -3.09. The Bertz CT molecular complexity index is 988. The van der Waals surface area contributed by atoms with Gasteiger partial charge < -0.3 is 14.6 Å². The highest BCUT2D eigenvalue weighted by Gasteiger charge is 2.11. The van der Waals surface area contributed by atoms with Crippen molar-refractivity contribution in [3.8, 4) is 11.1 Å². The summed E-state index contributed by atoms with van der Waals surface area (Å²) < 4.78 is 8.16. The number of nitrogens with zero attached hydrogens (tertiary/aromatic N) is 3. The molecule has 0 bridgehead atoms. The van der Waals surface area contributed by atoms with Crippen molar-refractivity contribution in [1.29, 1.82) is 0 Å². The number of carbonyl (C=O) groups is 1. The van der Waals surface area contributed by atoms with Crippen molar-refractivity contribution in [3.05, 3.63) is 47.0 Å². The number of esters is 1. The molecule has 7 nitrogen and oxygen atoms in total. The van der Waals surface area contributed by atoms with E-state index in [2.05, 4.69) is 10.4 Å². The predicted octanol–water partition coefficient (Wildman–Crippen LogP) is 2.01. The number of anilines is 1. The lowest BCUT2D eigenvalue weighted by Gasteiger charge is -2.09. The second-order valence-corrected chi connectivity index (χ2v) is 5.69. The van der Waals surface area contributed by atoms with E-state index in [1.54, 1.807) is 42.7 Å². The lowest BCUT2D eigenvalue weighted by molar-refractivity contribution is -0.143. The van der Waals surface area contributed by atoms with E-state index >= 15 is 0 Å². The number of aromatic nitrogens is 3. The standard InChI is InChI=1S/C18H20N4O3/c1-4-25-17(23)11-22-16-8-12(5-6-13(16)9-20-22)14-7-15(19-2)18(24)21(3)10-14/h5-10,19H,4,11H2,1-3H3. The predicted molar refractivity (Wildman–Crippen MR) is 96.6 cm³/mol. The largest absolute Gasteiger partial charge is 0.465 e. The summed E-state index contributed by atoms with van der Waals surface area (Å²) in [6.07, 6.45) is 3.51. The fraction of sp³-hybridized carbons (Fsp3) is 0.278. The molecule has 7 heteroatoms. The van der Waals surface area contributed by atoms with Gasteiger partial charge in [-0.2, -0.15) is 5.10 Å². The maximum absolute atomic E-state index is 12.0. The Morgan fingerprint density at radius 1 is 1.28 bits per heavy atom. The van der Waals surface area contributed by atoms with Crippen molar-refractivity contribution in [2.45, 2.75) is 13.5 Å². The van der Waals surface area contributed by atoms with Gasteiger partial charge in [0.25, 0.3) is 5.56 Å².